The topological polar surface area (TPSA) is 107 Å². The molecule has 8 heteroatoms. The van der Waals surface area contributed by atoms with Gasteiger partial charge in [0.1, 0.15) is 6.33 Å². The third-order valence-corrected chi connectivity index (χ3v) is 3.25. The summed E-state index contributed by atoms with van der Waals surface area (Å²) in [6.07, 6.45) is 2.12. The molecule has 1 unspecified atom stereocenters. The van der Waals surface area contributed by atoms with Gasteiger partial charge >= 0.3 is 5.69 Å². The summed E-state index contributed by atoms with van der Waals surface area (Å²) >= 11 is 1.83. The van der Waals surface area contributed by atoms with Crippen LogP contribution < -0.4 is 11.1 Å². The summed E-state index contributed by atoms with van der Waals surface area (Å²) in [4.78, 5) is 17.8. The van der Waals surface area contributed by atoms with Crippen molar-refractivity contribution in [3.63, 3.8) is 0 Å². The van der Waals surface area contributed by atoms with Gasteiger partial charge in [-0.2, -0.15) is 11.8 Å². The Labute approximate surface area is 110 Å². The SMILES string of the molecule is CCSCCC(C)Nc1ncnc(N)c1[N+](=O)[O-]. The number of thioether (sulfide) groups is 1. The zero-order valence-corrected chi connectivity index (χ0v) is 11.2. The minimum absolute atomic E-state index is 0.0945. The molecule has 1 aromatic rings. The minimum atomic E-state index is -0.564. The molecule has 100 valence electrons. The zero-order chi connectivity index (χ0) is 13.5. The van der Waals surface area contributed by atoms with Crippen molar-refractivity contribution in [2.75, 3.05) is 22.6 Å². The van der Waals surface area contributed by atoms with Crippen molar-refractivity contribution < 1.29 is 4.92 Å². The van der Waals surface area contributed by atoms with E-state index in [1.807, 2.05) is 18.7 Å². The number of aromatic nitrogens is 2. The van der Waals surface area contributed by atoms with Crippen molar-refractivity contribution in [3.8, 4) is 0 Å². The Bertz CT molecular complexity index is 415. The molecule has 0 saturated heterocycles. The van der Waals surface area contributed by atoms with Crippen LogP contribution in [0.15, 0.2) is 6.33 Å². The second kappa shape index (κ2) is 7.00. The van der Waals surface area contributed by atoms with Gasteiger partial charge < -0.3 is 11.1 Å². The summed E-state index contributed by atoms with van der Waals surface area (Å²) in [5.41, 5.74) is 5.23. The lowest BCUT2D eigenvalue weighted by Gasteiger charge is -2.14. The molecule has 0 bridgehead atoms. The van der Waals surface area contributed by atoms with Crippen LogP contribution >= 0.6 is 11.8 Å². The third kappa shape index (κ3) is 4.02. The zero-order valence-electron chi connectivity index (χ0n) is 10.4. The first-order valence-electron chi connectivity index (χ1n) is 5.65. The smallest absolute Gasteiger partial charge is 0.352 e. The van der Waals surface area contributed by atoms with Crippen LogP contribution in [0, 0.1) is 10.1 Å². The van der Waals surface area contributed by atoms with Crippen LogP contribution in [0.5, 0.6) is 0 Å². The van der Waals surface area contributed by atoms with Crippen LogP contribution in [-0.2, 0) is 0 Å². The molecule has 18 heavy (non-hydrogen) atoms. The number of hydrogen-bond acceptors (Lipinski definition) is 7. The number of nitro groups is 1. The van der Waals surface area contributed by atoms with E-state index in [1.54, 1.807) is 0 Å². The van der Waals surface area contributed by atoms with Crippen molar-refractivity contribution in [3.05, 3.63) is 16.4 Å². The van der Waals surface area contributed by atoms with E-state index in [4.69, 9.17) is 5.73 Å². The molecule has 0 aliphatic carbocycles. The molecule has 7 nitrogen and oxygen atoms in total. The van der Waals surface area contributed by atoms with Crippen LogP contribution in [0.4, 0.5) is 17.3 Å². The molecular formula is C10H17N5O2S. The Kier molecular flexibility index (Phi) is 5.63. The molecular weight excluding hydrogens is 254 g/mol. The van der Waals surface area contributed by atoms with E-state index in [-0.39, 0.29) is 23.4 Å². The molecule has 0 aliphatic rings. The van der Waals surface area contributed by atoms with Crippen LogP contribution in [0.25, 0.3) is 0 Å². The summed E-state index contributed by atoms with van der Waals surface area (Å²) in [5.74, 6) is 2.13. The highest BCUT2D eigenvalue weighted by molar-refractivity contribution is 7.99. The van der Waals surface area contributed by atoms with Crippen molar-refractivity contribution in [1.29, 1.82) is 0 Å². The van der Waals surface area contributed by atoms with Crippen molar-refractivity contribution in [2.45, 2.75) is 26.3 Å². The van der Waals surface area contributed by atoms with Gasteiger partial charge in [0.2, 0.25) is 11.6 Å². The maximum absolute atomic E-state index is 10.9. The number of nitrogens with two attached hydrogens (primary N) is 1. The predicted molar refractivity (Wildman–Crippen MR) is 73.8 cm³/mol. The third-order valence-electron chi connectivity index (χ3n) is 2.32. The Morgan fingerprint density at radius 2 is 2.33 bits per heavy atom. The van der Waals surface area contributed by atoms with Gasteiger partial charge in [0.15, 0.2) is 0 Å². The lowest BCUT2D eigenvalue weighted by atomic mass is 10.2. The second-order valence-electron chi connectivity index (χ2n) is 3.74. The normalized spacial score (nSPS) is 12.1. The standard InChI is InChI=1S/C10H17N5O2S/c1-3-18-5-4-7(2)14-10-8(15(16)17)9(11)12-6-13-10/h6-7H,3-5H2,1-2H3,(H3,11,12,13,14). The van der Waals surface area contributed by atoms with Gasteiger partial charge in [0, 0.05) is 6.04 Å². The van der Waals surface area contributed by atoms with Gasteiger partial charge in [-0.05, 0) is 24.9 Å². The largest absolute Gasteiger partial charge is 0.378 e. The van der Waals surface area contributed by atoms with Crippen molar-refractivity contribution in [2.24, 2.45) is 0 Å². The highest BCUT2D eigenvalue weighted by atomic mass is 32.2. The number of anilines is 2. The molecule has 0 radical (unpaired) electrons. The number of nitrogens with one attached hydrogen (secondary N) is 1. The first-order valence-corrected chi connectivity index (χ1v) is 6.80. The Hall–Kier alpha value is -1.57. The first-order chi connectivity index (χ1) is 8.56. The molecule has 0 saturated carbocycles. The highest BCUT2D eigenvalue weighted by Gasteiger charge is 2.21. The lowest BCUT2D eigenvalue weighted by molar-refractivity contribution is -0.383. The molecule has 1 atom stereocenters. The fraction of sp³-hybridized carbons (Fsp3) is 0.600. The molecule has 3 N–H and O–H groups in total. The van der Waals surface area contributed by atoms with Gasteiger partial charge in [-0.25, -0.2) is 9.97 Å². The van der Waals surface area contributed by atoms with Crippen molar-refractivity contribution in [1.82, 2.24) is 9.97 Å². The lowest BCUT2D eigenvalue weighted by Crippen LogP contribution is -2.18. The van der Waals surface area contributed by atoms with E-state index in [2.05, 4.69) is 22.2 Å². The summed E-state index contributed by atoms with van der Waals surface area (Å²) in [6, 6.07) is 0.0945. The molecule has 0 fully saturated rings. The van der Waals surface area contributed by atoms with Crippen LogP contribution in [0.2, 0.25) is 0 Å². The molecule has 1 aromatic heterocycles. The van der Waals surface area contributed by atoms with Gasteiger partial charge in [-0.3, -0.25) is 10.1 Å². The average molecular weight is 271 g/mol. The van der Waals surface area contributed by atoms with Crippen molar-refractivity contribution >= 4 is 29.1 Å². The van der Waals surface area contributed by atoms with E-state index in [1.165, 1.54) is 6.33 Å². The Morgan fingerprint density at radius 1 is 1.61 bits per heavy atom. The van der Waals surface area contributed by atoms with Crippen LogP contribution in [0.1, 0.15) is 20.3 Å². The first kappa shape index (κ1) is 14.5. The van der Waals surface area contributed by atoms with Gasteiger partial charge in [0.05, 0.1) is 4.92 Å². The van der Waals surface area contributed by atoms with E-state index in [0.29, 0.717) is 0 Å². The summed E-state index contributed by atoms with van der Waals surface area (Å²) < 4.78 is 0. The molecule has 1 rings (SSSR count). The summed E-state index contributed by atoms with van der Waals surface area (Å²) in [5, 5.41) is 13.9. The quantitative estimate of drug-likeness (QED) is 0.443. The van der Waals surface area contributed by atoms with Gasteiger partial charge in [-0.1, -0.05) is 6.92 Å². The molecule has 0 aliphatic heterocycles. The number of hydrogen-bond donors (Lipinski definition) is 2. The molecule has 0 spiro atoms. The Balaban J connectivity index is 2.72. The number of rotatable bonds is 7. The summed E-state index contributed by atoms with van der Waals surface area (Å²) in [7, 11) is 0. The fourth-order valence-corrected chi connectivity index (χ4v) is 2.20. The maximum atomic E-state index is 10.9. The van der Waals surface area contributed by atoms with E-state index in [0.717, 1.165) is 17.9 Å². The number of nitrogens with zero attached hydrogens (tertiary/aromatic N) is 3. The van der Waals surface area contributed by atoms with Gasteiger partial charge in [-0.15, -0.1) is 0 Å². The molecule has 0 amide bonds. The number of nitrogen functional groups attached to an aromatic ring is 1. The van der Waals surface area contributed by atoms with Crippen LogP contribution in [0.3, 0.4) is 0 Å². The second-order valence-corrected chi connectivity index (χ2v) is 5.14. The Morgan fingerprint density at radius 3 is 2.94 bits per heavy atom. The molecule has 1 heterocycles. The summed E-state index contributed by atoms with van der Waals surface area (Å²) in [6.45, 7) is 4.05. The maximum Gasteiger partial charge on any atom is 0.352 e. The van der Waals surface area contributed by atoms with E-state index < -0.39 is 4.92 Å². The fourth-order valence-electron chi connectivity index (χ4n) is 1.39. The van der Waals surface area contributed by atoms with Gasteiger partial charge in [0.25, 0.3) is 0 Å². The molecule has 0 aromatic carbocycles. The minimum Gasteiger partial charge on any atom is -0.378 e. The van der Waals surface area contributed by atoms with Crippen LogP contribution in [-0.4, -0.2) is 32.4 Å². The van der Waals surface area contributed by atoms with E-state index >= 15 is 0 Å². The average Bonchev–Trinajstić information content (AvgIpc) is 2.28. The highest BCUT2D eigenvalue weighted by Crippen LogP contribution is 2.27. The monoisotopic (exact) mass is 271 g/mol. The predicted octanol–water partition coefficient (Wildman–Crippen LogP) is 1.91. The van der Waals surface area contributed by atoms with E-state index in [9.17, 15) is 10.1 Å².